The number of carbonyl (C=O) groups is 2. The molecule has 0 radical (unpaired) electrons. The van der Waals surface area contributed by atoms with Gasteiger partial charge in [0.05, 0.1) is 5.52 Å². The molecule has 30 heavy (non-hydrogen) atoms. The van der Waals surface area contributed by atoms with Crippen LogP contribution in [0, 0.1) is 0 Å². The van der Waals surface area contributed by atoms with Crippen LogP contribution in [0.3, 0.4) is 0 Å². The summed E-state index contributed by atoms with van der Waals surface area (Å²) in [5.74, 6) is 0.463. The summed E-state index contributed by atoms with van der Waals surface area (Å²) in [4.78, 5) is 33.1. The van der Waals surface area contributed by atoms with E-state index in [-0.39, 0.29) is 5.69 Å². The predicted molar refractivity (Wildman–Crippen MR) is 111 cm³/mol. The van der Waals surface area contributed by atoms with Crippen molar-refractivity contribution in [1.29, 1.82) is 0 Å². The van der Waals surface area contributed by atoms with Gasteiger partial charge >= 0.3 is 0 Å². The van der Waals surface area contributed by atoms with E-state index in [1.54, 1.807) is 36.5 Å². The molecule has 2 amide bonds. The average molecular weight is 401 g/mol. The van der Waals surface area contributed by atoms with Gasteiger partial charge < -0.3 is 9.30 Å². The van der Waals surface area contributed by atoms with Crippen LogP contribution >= 0.6 is 0 Å². The van der Waals surface area contributed by atoms with E-state index in [1.165, 1.54) is 0 Å². The number of hydrogen-bond acceptors (Lipinski definition) is 5. The Bertz CT molecular complexity index is 1200. The van der Waals surface area contributed by atoms with Gasteiger partial charge in [-0.05, 0) is 36.4 Å². The van der Waals surface area contributed by atoms with Crippen LogP contribution in [0.1, 0.15) is 26.7 Å². The summed E-state index contributed by atoms with van der Waals surface area (Å²) >= 11 is 0. The minimum atomic E-state index is -0.496. The summed E-state index contributed by atoms with van der Waals surface area (Å²) in [7, 11) is 1.89. The number of hydrazine groups is 1. The first kappa shape index (κ1) is 19.1. The molecule has 4 rings (SSSR count). The van der Waals surface area contributed by atoms with Gasteiger partial charge in [-0.15, -0.1) is 0 Å². The van der Waals surface area contributed by atoms with Gasteiger partial charge in [0, 0.05) is 30.4 Å². The largest absolute Gasteiger partial charge is 0.486 e. The standard InChI is InChI=1S/C22H19N5O3/c1-27-13-12-23-20(27)14-30-17-9-6-16(7-10-17)21(28)25-26-22(29)19-11-8-15-4-2-3-5-18(15)24-19/h2-13H,14H2,1H3,(H,25,28)(H,26,29). The summed E-state index contributed by atoms with van der Waals surface area (Å²) in [6.07, 6.45) is 3.54. The Labute approximate surface area is 172 Å². The predicted octanol–water partition coefficient (Wildman–Crippen LogP) is 2.62. The Kier molecular flexibility index (Phi) is 5.38. The number of aromatic nitrogens is 3. The van der Waals surface area contributed by atoms with Crippen LogP contribution in [-0.4, -0.2) is 26.3 Å². The van der Waals surface area contributed by atoms with Crippen molar-refractivity contribution in [2.75, 3.05) is 0 Å². The fourth-order valence-corrected chi connectivity index (χ4v) is 2.83. The number of benzene rings is 2. The van der Waals surface area contributed by atoms with Gasteiger partial charge in [0.2, 0.25) is 0 Å². The van der Waals surface area contributed by atoms with E-state index in [0.717, 1.165) is 11.2 Å². The Morgan fingerprint density at radius 2 is 1.73 bits per heavy atom. The van der Waals surface area contributed by atoms with Crippen LogP contribution in [0.5, 0.6) is 5.75 Å². The molecule has 2 aromatic heterocycles. The third-order valence-corrected chi connectivity index (χ3v) is 4.53. The van der Waals surface area contributed by atoms with Crippen LogP contribution in [0.2, 0.25) is 0 Å². The van der Waals surface area contributed by atoms with E-state index in [0.29, 0.717) is 23.4 Å². The van der Waals surface area contributed by atoms with Gasteiger partial charge in [0.15, 0.2) is 0 Å². The number of aryl methyl sites for hydroxylation is 1. The SMILES string of the molecule is Cn1ccnc1COc1ccc(C(=O)NNC(=O)c2ccc3ccccc3n2)cc1. The summed E-state index contributed by atoms with van der Waals surface area (Å²) in [6.45, 7) is 0.323. The van der Waals surface area contributed by atoms with Gasteiger partial charge in [0.25, 0.3) is 11.8 Å². The van der Waals surface area contributed by atoms with E-state index >= 15 is 0 Å². The summed E-state index contributed by atoms with van der Waals surface area (Å²) < 4.78 is 7.53. The summed E-state index contributed by atoms with van der Waals surface area (Å²) in [5, 5.41) is 0.934. The highest BCUT2D eigenvalue weighted by Gasteiger charge is 2.11. The monoisotopic (exact) mass is 401 g/mol. The number of nitrogens with zero attached hydrogens (tertiary/aromatic N) is 3. The fourth-order valence-electron chi connectivity index (χ4n) is 2.83. The number of fused-ring (bicyclic) bond motifs is 1. The molecule has 8 nitrogen and oxygen atoms in total. The van der Waals surface area contributed by atoms with Crippen molar-refractivity contribution < 1.29 is 14.3 Å². The number of carbonyl (C=O) groups excluding carboxylic acids is 2. The molecular weight excluding hydrogens is 382 g/mol. The van der Waals surface area contributed by atoms with Crippen LogP contribution in [0.4, 0.5) is 0 Å². The quantitative estimate of drug-likeness (QED) is 0.501. The molecular formula is C22H19N5O3. The van der Waals surface area contributed by atoms with Gasteiger partial charge in [-0.25, -0.2) is 9.97 Å². The second-order valence-electron chi connectivity index (χ2n) is 6.56. The molecule has 0 bridgehead atoms. The van der Waals surface area contributed by atoms with Crippen LogP contribution in [0.15, 0.2) is 73.1 Å². The number of imidazole rings is 1. The lowest BCUT2D eigenvalue weighted by Crippen LogP contribution is -2.41. The van der Waals surface area contributed by atoms with Crippen LogP contribution in [0.25, 0.3) is 10.9 Å². The Morgan fingerprint density at radius 1 is 0.967 bits per heavy atom. The minimum absolute atomic E-state index is 0.215. The lowest BCUT2D eigenvalue weighted by atomic mass is 10.2. The van der Waals surface area contributed by atoms with Gasteiger partial charge in [0.1, 0.15) is 23.9 Å². The van der Waals surface area contributed by atoms with Crippen molar-refractivity contribution >= 4 is 22.7 Å². The van der Waals surface area contributed by atoms with Crippen molar-refractivity contribution in [1.82, 2.24) is 25.4 Å². The molecule has 0 aliphatic rings. The smallest absolute Gasteiger partial charge is 0.288 e. The maximum atomic E-state index is 12.3. The zero-order chi connectivity index (χ0) is 20.9. The topological polar surface area (TPSA) is 98.1 Å². The van der Waals surface area contributed by atoms with Crippen molar-refractivity contribution in [3.63, 3.8) is 0 Å². The Morgan fingerprint density at radius 3 is 2.50 bits per heavy atom. The number of nitrogens with one attached hydrogen (secondary N) is 2. The maximum absolute atomic E-state index is 12.3. The second kappa shape index (κ2) is 8.44. The fraction of sp³-hybridized carbons (Fsp3) is 0.0909. The normalized spacial score (nSPS) is 10.6. The van der Waals surface area contributed by atoms with Crippen molar-refractivity contribution in [2.45, 2.75) is 6.61 Å². The number of ether oxygens (including phenoxy) is 1. The van der Waals surface area contributed by atoms with E-state index in [4.69, 9.17) is 4.74 Å². The molecule has 0 aliphatic carbocycles. The van der Waals surface area contributed by atoms with E-state index < -0.39 is 11.8 Å². The maximum Gasteiger partial charge on any atom is 0.288 e. The highest BCUT2D eigenvalue weighted by Crippen LogP contribution is 2.14. The second-order valence-corrected chi connectivity index (χ2v) is 6.56. The average Bonchev–Trinajstić information content (AvgIpc) is 3.20. The third-order valence-electron chi connectivity index (χ3n) is 4.53. The molecule has 0 spiro atoms. The number of rotatable bonds is 5. The van der Waals surface area contributed by atoms with Gasteiger partial charge in [-0.3, -0.25) is 20.4 Å². The number of para-hydroxylation sites is 1. The molecule has 150 valence electrons. The third kappa shape index (κ3) is 4.27. The molecule has 0 unspecified atom stereocenters. The molecule has 0 atom stereocenters. The summed E-state index contributed by atoms with van der Waals surface area (Å²) in [5.41, 5.74) is 6.08. The molecule has 0 fully saturated rings. The zero-order valence-electron chi connectivity index (χ0n) is 16.2. The lowest BCUT2D eigenvalue weighted by molar-refractivity contribution is 0.0844. The molecule has 2 heterocycles. The van der Waals surface area contributed by atoms with E-state index in [9.17, 15) is 9.59 Å². The highest BCUT2D eigenvalue weighted by atomic mass is 16.5. The molecule has 0 saturated carbocycles. The molecule has 2 N–H and O–H groups in total. The molecule has 0 aliphatic heterocycles. The Balaban J connectivity index is 1.32. The number of hydrogen-bond donors (Lipinski definition) is 2. The first-order valence-corrected chi connectivity index (χ1v) is 9.26. The van der Waals surface area contributed by atoms with Crippen LogP contribution < -0.4 is 15.6 Å². The van der Waals surface area contributed by atoms with Crippen molar-refractivity contribution in [3.05, 3.63) is 90.1 Å². The highest BCUT2D eigenvalue weighted by molar-refractivity contribution is 5.99. The Hall–Kier alpha value is -4.20. The van der Waals surface area contributed by atoms with Crippen LogP contribution in [-0.2, 0) is 13.7 Å². The molecule has 2 aromatic carbocycles. The zero-order valence-corrected chi connectivity index (χ0v) is 16.2. The minimum Gasteiger partial charge on any atom is -0.486 e. The van der Waals surface area contributed by atoms with E-state index in [2.05, 4.69) is 20.8 Å². The molecule has 8 heteroatoms. The number of amides is 2. The van der Waals surface area contributed by atoms with Gasteiger partial charge in [-0.1, -0.05) is 24.3 Å². The number of pyridine rings is 1. The molecule has 0 saturated heterocycles. The van der Waals surface area contributed by atoms with Crippen molar-refractivity contribution in [3.8, 4) is 5.75 Å². The van der Waals surface area contributed by atoms with Crippen molar-refractivity contribution in [2.24, 2.45) is 7.05 Å². The first-order valence-electron chi connectivity index (χ1n) is 9.26. The van der Waals surface area contributed by atoms with Gasteiger partial charge in [-0.2, -0.15) is 0 Å². The summed E-state index contributed by atoms with van der Waals surface area (Å²) in [6, 6.07) is 17.5. The first-order chi connectivity index (χ1) is 14.6. The lowest BCUT2D eigenvalue weighted by Gasteiger charge is -2.09. The molecule has 4 aromatic rings. The van der Waals surface area contributed by atoms with E-state index in [1.807, 2.05) is 48.1 Å².